The zero-order valence-electron chi connectivity index (χ0n) is 36.1. The second-order valence-corrected chi connectivity index (χ2v) is 18.8. The third kappa shape index (κ3) is 4.75. The molecule has 0 aliphatic heterocycles. The van der Waals surface area contributed by atoms with Gasteiger partial charge in [-0.25, -0.2) is 0 Å². The van der Waals surface area contributed by atoms with Crippen LogP contribution in [0.25, 0.3) is 109 Å². The van der Waals surface area contributed by atoms with Crippen LogP contribution < -0.4 is 0 Å². The van der Waals surface area contributed by atoms with Crippen LogP contribution in [0.4, 0.5) is 0 Å². The molecular formula is C62H44N2. The molecule has 0 N–H and O–H groups in total. The summed E-state index contributed by atoms with van der Waals surface area (Å²) in [5.41, 5.74) is 14.1. The monoisotopic (exact) mass is 816 g/mol. The Balaban J connectivity index is 0.966. The first-order valence-corrected chi connectivity index (χ1v) is 22.8. The summed E-state index contributed by atoms with van der Waals surface area (Å²) in [6.07, 6.45) is 7.38. The highest BCUT2D eigenvalue weighted by Crippen LogP contribution is 2.53. The summed E-state index contributed by atoms with van der Waals surface area (Å²) in [5.74, 6) is 0.226. The Kier molecular flexibility index (Phi) is 7.25. The number of para-hydroxylation sites is 1. The van der Waals surface area contributed by atoms with E-state index in [4.69, 9.17) is 0 Å². The van der Waals surface area contributed by atoms with E-state index in [1.165, 1.54) is 126 Å². The summed E-state index contributed by atoms with van der Waals surface area (Å²) in [7, 11) is 0. The molecule has 2 heterocycles. The number of nitrogens with zero attached hydrogens (tertiary/aromatic N) is 2. The van der Waals surface area contributed by atoms with E-state index in [0.717, 1.165) is 0 Å². The second kappa shape index (κ2) is 12.9. The summed E-state index contributed by atoms with van der Waals surface area (Å²) in [4.78, 5) is 0. The molecule has 2 atom stereocenters. The van der Waals surface area contributed by atoms with Gasteiger partial charge in [0.1, 0.15) is 0 Å². The molecule has 0 radical (unpaired) electrons. The van der Waals surface area contributed by atoms with Crippen LogP contribution in [0, 0.1) is 5.92 Å². The van der Waals surface area contributed by atoms with Gasteiger partial charge in [-0.1, -0.05) is 179 Å². The molecule has 64 heavy (non-hydrogen) atoms. The molecule has 12 aromatic rings. The van der Waals surface area contributed by atoms with Crippen LogP contribution in [0.3, 0.4) is 0 Å². The molecule has 2 aromatic heterocycles. The van der Waals surface area contributed by atoms with E-state index in [-0.39, 0.29) is 17.4 Å². The predicted molar refractivity (Wildman–Crippen MR) is 273 cm³/mol. The van der Waals surface area contributed by atoms with Crippen molar-refractivity contribution in [1.82, 2.24) is 9.13 Å². The fourth-order valence-electron chi connectivity index (χ4n) is 12.2. The minimum absolute atomic E-state index is 0.109. The summed E-state index contributed by atoms with van der Waals surface area (Å²) < 4.78 is 5.13. The van der Waals surface area contributed by atoms with Crippen LogP contribution in [0.1, 0.15) is 43.5 Å². The molecule has 2 nitrogen and oxygen atoms in total. The van der Waals surface area contributed by atoms with Crippen molar-refractivity contribution in [3.8, 4) is 16.8 Å². The summed E-state index contributed by atoms with van der Waals surface area (Å²) in [6, 6.07) is 68.4. The predicted octanol–water partition coefficient (Wildman–Crippen LogP) is 16.6. The topological polar surface area (TPSA) is 9.86 Å². The Morgan fingerprint density at radius 1 is 0.438 bits per heavy atom. The standard InChI is InChI=1S/C62H44N2/c1-37-33-40(39-16-14-17-41(34-39)63-55-26-13-11-24-49(55)59-42-18-5-4-15-38(42)27-31-56(59)63)28-30-54(37)64-57-32-29-48-45-21-7-6-19-43(45)44-20-8-9-23-47(44)60(48)61(57)51-35-50-46-22-10-12-25-52(46)62(2,3)53(50)36-58(51)64/h4-37,54H,1-3H3. The van der Waals surface area contributed by atoms with Gasteiger partial charge in [0.2, 0.25) is 0 Å². The van der Waals surface area contributed by atoms with Gasteiger partial charge in [-0.15, -0.1) is 0 Å². The lowest BCUT2D eigenvalue weighted by Crippen LogP contribution is -2.17. The van der Waals surface area contributed by atoms with Gasteiger partial charge in [0.05, 0.1) is 28.1 Å². The molecule has 0 fully saturated rings. The van der Waals surface area contributed by atoms with Gasteiger partial charge in [-0.3, -0.25) is 0 Å². The first kappa shape index (κ1) is 35.9. The lowest BCUT2D eigenvalue weighted by atomic mass is 9.82. The highest BCUT2D eigenvalue weighted by molar-refractivity contribution is 6.35. The number of aromatic nitrogens is 2. The SMILES string of the molecule is CC1C=C(c2cccc(-n3c4ccccc4c4c5ccccc5ccc43)c2)C=CC1n1c2cc3c(cc2c2c4c5ccccc5c5ccccc5c4ccc21)-c1ccccc1C3(C)C. The fourth-order valence-corrected chi connectivity index (χ4v) is 12.2. The molecule has 2 aliphatic carbocycles. The van der Waals surface area contributed by atoms with Crippen molar-refractivity contribution in [3.05, 3.63) is 217 Å². The van der Waals surface area contributed by atoms with E-state index in [9.17, 15) is 0 Å². The Labute approximate surface area is 371 Å². The molecular weight excluding hydrogens is 773 g/mol. The Morgan fingerprint density at radius 3 is 1.92 bits per heavy atom. The Morgan fingerprint density at radius 2 is 1.11 bits per heavy atom. The van der Waals surface area contributed by atoms with Gasteiger partial charge >= 0.3 is 0 Å². The van der Waals surface area contributed by atoms with Crippen LogP contribution in [0.2, 0.25) is 0 Å². The van der Waals surface area contributed by atoms with Crippen molar-refractivity contribution in [2.24, 2.45) is 5.92 Å². The van der Waals surface area contributed by atoms with Crippen LogP contribution in [0.15, 0.2) is 200 Å². The number of hydrogen-bond donors (Lipinski definition) is 0. The van der Waals surface area contributed by atoms with Gasteiger partial charge in [-0.2, -0.15) is 0 Å². The van der Waals surface area contributed by atoms with Crippen molar-refractivity contribution >= 4 is 92.3 Å². The van der Waals surface area contributed by atoms with E-state index in [0.29, 0.717) is 0 Å². The first-order chi connectivity index (χ1) is 31.4. The molecule has 302 valence electrons. The van der Waals surface area contributed by atoms with Gasteiger partial charge in [0.15, 0.2) is 0 Å². The molecule has 0 amide bonds. The highest BCUT2D eigenvalue weighted by atomic mass is 15.0. The van der Waals surface area contributed by atoms with Crippen molar-refractivity contribution in [2.45, 2.75) is 32.2 Å². The molecule has 2 unspecified atom stereocenters. The first-order valence-electron chi connectivity index (χ1n) is 22.8. The highest BCUT2D eigenvalue weighted by Gasteiger charge is 2.37. The van der Waals surface area contributed by atoms with Crippen molar-refractivity contribution in [3.63, 3.8) is 0 Å². The number of allylic oxidation sites excluding steroid dienone is 4. The van der Waals surface area contributed by atoms with Gasteiger partial charge in [0.25, 0.3) is 0 Å². The Hall–Kier alpha value is -7.68. The van der Waals surface area contributed by atoms with Crippen molar-refractivity contribution in [2.75, 3.05) is 0 Å². The van der Waals surface area contributed by atoms with Crippen LogP contribution in [-0.2, 0) is 5.41 Å². The summed E-state index contributed by atoms with van der Waals surface area (Å²) >= 11 is 0. The maximum Gasteiger partial charge on any atom is 0.0586 e. The number of hydrogen-bond acceptors (Lipinski definition) is 0. The van der Waals surface area contributed by atoms with E-state index in [1.807, 2.05) is 0 Å². The van der Waals surface area contributed by atoms with E-state index in [1.54, 1.807) is 0 Å². The number of benzene rings is 10. The lowest BCUT2D eigenvalue weighted by Gasteiger charge is -2.27. The van der Waals surface area contributed by atoms with Gasteiger partial charge in [-0.05, 0) is 119 Å². The smallest absolute Gasteiger partial charge is 0.0586 e. The van der Waals surface area contributed by atoms with Gasteiger partial charge < -0.3 is 9.13 Å². The average molecular weight is 817 g/mol. The normalized spacial score (nSPS) is 16.8. The van der Waals surface area contributed by atoms with Crippen LogP contribution in [0.5, 0.6) is 0 Å². The summed E-state index contributed by atoms with van der Waals surface area (Å²) in [5, 5.41) is 15.7. The third-order valence-corrected chi connectivity index (χ3v) is 15.1. The van der Waals surface area contributed by atoms with E-state index < -0.39 is 0 Å². The quantitative estimate of drug-likeness (QED) is 0.157. The Bertz CT molecular complexity index is 4040. The molecule has 14 rings (SSSR count). The fraction of sp³-hybridized carbons (Fsp3) is 0.0968. The van der Waals surface area contributed by atoms with Crippen molar-refractivity contribution < 1.29 is 0 Å². The molecule has 2 heteroatoms. The third-order valence-electron chi connectivity index (χ3n) is 15.1. The molecule has 2 aliphatic rings. The maximum absolute atomic E-state index is 2.68. The second-order valence-electron chi connectivity index (χ2n) is 18.8. The van der Waals surface area contributed by atoms with E-state index >= 15 is 0 Å². The molecule has 0 bridgehead atoms. The molecule has 0 spiro atoms. The van der Waals surface area contributed by atoms with Crippen LogP contribution in [-0.4, -0.2) is 9.13 Å². The van der Waals surface area contributed by atoms with Gasteiger partial charge in [0, 0.05) is 38.0 Å². The van der Waals surface area contributed by atoms with Crippen LogP contribution >= 0.6 is 0 Å². The minimum Gasteiger partial charge on any atom is -0.333 e. The molecule has 0 saturated heterocycles. The minimum atomic E-state index is -0.109. The maximum atomic E-state index is 2.68. The number of fused-ring (bicyclic) bond motifs is 18. The van der Waals surface area contributed by atoms with E-state index in [2.05, 4.69) is 230 Å². The number of rotatable bonds is 3. The zero-order chi connectivity index (χ0) is 42.4. The zero-order valence-corrected chi connectivity index (χ0v) is 36.1. The van der Waals surface area contributed by atoms with Crippen molar-refractivity contribution in [1.29, 1.82) is 0 Å². The summed E-state index contributed by atoms with van der Waals surface area (Å²) in [6.45, 7) is 7.21. The molecule has 0 saturated carbocycles. The lowest BCUT2D eigenvalue weighted by molar-refractivity contribution is 0.511. The average Bonchev–Trinajstić information content (AvgIpc) is 3.93. The largest absolute Gasteiger partial charge is 0.333 e. The molecule has 10 aromatic carbocycles.